The number of anilines is 3. The minimum atomic E-state index is -3.66. The fourth-order valence-electron chi connectivity index (χ4n) is 5.67. The summed E-state index contributed by atoms with van der Waals surface area (Å²) in [5, 5.41) is 9.83. The number of aryl methyl sites for hydroxylation is 1. The molecule has 3 aromatic rings. The van der Waals surface area contributed by atoms with Gasteiger partial charge in [0.05, 0.1) is 22.9 Å². The molecule has 13 heteroatoms. The van der Waals surface area contributed by atoms with Gasteiger partial charge in [-0.05, 0) is 62.3 Å². The van der Waals surface area contributed by atoms with Crippen LogP contribution in [0.2, 0.25) is 0 Å². The Morgan fingerprint density at radius 3 is 2.39 bits per heavy atom. The molecule has 1 aliphatic carbocycles. The van der Waals surface area contributed by atoms with Crippen LogP contribution in [-0.2, 0) is 10.0 Å². The van der Waals surface area contributed by atoms with E-state index in [2.05, 4.69) is 19.6 Å². The van der Waals surface area contributed by atoms with Crippen LogP contribution in [0.3, 0.4) is 0 Å². The highest BCUT2D eigenvalue weighted by Gasteiger charge is 2.44. The molecule has 41 heavy (non-hydrogen) atoms. The molecule has 220 valence electrons. The first-order chi connectivity index (χ1) is 19.5. The molecule has 1 saturated carbocycles. The molecule has 3 fully saturated rings. The number of benzene rings is 1. The van der Waals surface area contributed by atoms with E-state index in [9.17, 15) is 17.2 Å². The van der Waals surface area contributed by atoms with Gasteiger partial charge in [0.25, 0.3) is 5.92 Å². The Morgan fingerprint density at radius 1 is 1.00 bits per heavy atom. The van der Waals surface area contributed by atoms with Gasteiger partial charge in [-0.3, -0.25) is 4.72 Å². The maximum Gasteiger partial charge on any atom is 0.251 e. The van der Waals surface area contributed by atoms with Gasteiger partial charge >= 0.3 is 0 Å². The van der Waals surface area contributed by atoms with Crippen molar-refractivity contribution in [2.24, 2.45) is 5.41 Å². The third-order valence-electron chi connectivity index (χ3n) is 8.36. The van der Waals surface area contributed by atoms with Crippen molar-refractivity contribution < 1.29 is 22.3 Å². The van der Waals surface area contributed by atoms with E-state index in [1.165, 1.54) is 24.2 Å². The number of aromatic nitrogens is 3. The first-order valence-corrected chi connectivity index (χ1v) is 16.5. The first-order valence-electron chi connectivity index (χ1n) is 14.0. The van der Waals surface area contributed by atoms with Crippen LogP contribution in [0.1, 0.15) is 44.2 Å². The molecule has 6 rings (SSSR count). The number of aliphatic hydroxyl groups is 1. The fourth-order valence-corrected chi connectivity index (χ4v) is 7.41. The number of sulfonamides is 1. The second-order valence-electron chi connectivity index (χ2n) is 11.4. The Kier molecular flexibility index (Phi) is 7.39. The van der Waals surface area contributed by atoms with Crippen LogP contribution in [-0.4, -0.2) is 72.9 Å². The number of alkyl halides is 2. The molecule has 0 bridgehead atoms. The minimum Gasteiger partial charge on any atom is -0.395 e. The molecule has 0 amide bonds. The molecule has 2 aliphatic heterocycles. The van der Waals surface area contributed by atoms with Gasteiger partial charge < -0.3 is 14.9 Å². The number of thiazole rings is 1. The average molecular weight is 605 g/mol. The third kappa shape index (κ3) is 6.31. The Bertz CT molecular complexity index is 1520. The molecule has 9 nitrogen and oxygen atoms in total. The quantitative estimate of drug-likeness (QED) is 0.373. The first kappa shape index (κ1) is 28.2. The van der Waals surface area contributed by atoms with Crippen molar-refractivity contribution in [1.29, 1.82) is 0 Å². The van der Waals surface area contributed by atoms with E-state index >= 15 is 0 Å². The lowest BCUT2D eigenvalue weighted by Crippen LogP contribution is -2.40. The summed E-state index contributed by atoms with van der Waals surface area (Å²) < 4.78 is 54.7. The lowest BCUT2D eigenvalue weighted by molar-refractivity contribution is -0.0222. The molecule has 3 aliphatic rings. The smallest absolute Gasteiger partial charge is 0.251 e. The van der Waals surface area contributed by atoms with Crippen molar-refractivity contribution in [3.05, 3.63) is 36.2 Å². The summed E-state index contributed by atoms with van der Waals surface area (Å²) in [4.78, 5) is 18.9. The van der Waals surface area contributed by atoms with Gasteiger partial charge in [-0.25, -0.2) is 32.2 Å². The van der Waals surface area contributed by atoms with Gasteiger partial charge in [0.1, 0.15) is 10.7 Å². The second-order valence-corrected chi connectivity index (χ2v) is 14.3. The summed E-state index contributed by atoms with van der Waals surface area (Å²) in [6.45, 7) is 3.61. The van der Waals surface area contributed by atoms with Gasteiger partial charge in [0.2, 0.25) is 16.0 Å². The highest BCUT2D eigenvalue weighted by Crippen LogP contribution is 2.54. The minimum absolute atomic E-state index is 0.202. The topological polar surface area (TPSA) is 112 Å². The van der Waals surface area contributed by atoms with Crippen LogP contribution in [0.4, 0.5) is 26.1 Å². The molecule has 1 aromatic carbocycles. The number of hydrogen-bond acceptors (Lipinski definition) is 9. The van der Waals surface area contributed by atoms with E-state index in [1.54, 1.807) is 17.2 Å². The van der Waals surface area contributed by atoms with Crippen molar-refractivity contribution in [3.63, 3.8) is 0 Å². The predicted octanol–water partition coefficient (Wildman–Crippen LogP) is 4.93. The van der Waals surface area contributed by atoms with Crippen LogP contribution in [0.5, 0.6) is 0 Å². The molecule has 1 spiro atoms. The lowest BCUT2D eigenvalue weighted by atomic mass is 9.93. The Hall–Kier alpha value is -2.90. The largest absolute Gasteiger partial charge is 0.395 e. The Morgan fingerprint density at radius 2 is 1.71 bits per heavy atom. The van der Waals surface area contributed by atoms with E-state index < -0.39 is 22.6 Å². The number of piperidine rings is 2. The Balaban J connectivity index is 1.30. The van der Waals surface area contributed by atoms with Gasteiger partial charge in [-0.15, -0.1) is 11.3 Å². The number of aliphatic hydroxyl groups excluding tert-OH is 1. The standard InChI is InChI=1S/C28H34F2N6O3S2/c1-19-16-22(33-26(32-19)36-12-8-28(29,30)9-13-36)25-31-18-24(40-25)21-3-2-20(34-41(38,39)15-14-37)17-23(21)35-10-6-27(4-5-27)7-11-35/h2-3,16-18,34,37H,4-15H2,1H3. The van der Waals surface area contributed by atoms with Crippen LogP contribution < -0.4 is 14.5 Å². The predicted molar refractivity (Wildman–Crippen MR) is 157 cm³/mol. The van der Waals surface area contributed by atoms with Crippen molar-refractivity contribution >= 4 is 38.7 Å². The number of halogens is 2. The monoisotopic (exact) mass is 604 g/mol. The van der Waals surface area contributed by atoms with E-state index in [-0.39, 0.29) is 31.7 Å². The van der Waals surface area contributed by atoms with Crippen LogP contribution in [0, 0.1) is 12.3 Å². The van der Waals surface area contributed by atoms with Crippen LogP contribution in [0.25, 0.3) is 21.1 Å². The molecule has 0 atom stereocenters. The molecule has 2 saturated heterocycles. The lowest BCUT2D eigenvalue weighted by Gasteiger charge is -2.35. The highest BCUT2D eigenvalue weighted by atomic mass is 32.2. The van der Waals surface area contributed by atoms with Crippen molar-refractivity contribution in [2.45, 2.75) is 51.4 Å². The molecular formula is C28H34F2N6O3S2. The van der Waals surface area contributed by atoms with Gasteiger partial charge in [0, 0.05) is 62.2 Å². The fraction of sp³-hybridized carbons (Fsp3) is 0.536. The molecular weight excluding hydrogens is 570 g/mol. The molecule has 4 heterocycles. The molecule has 2 aromatic heterocycles. The van der Waals surface area contributed by atoms with Crippen LogP contribution in [0.15, 0.2) is 30.5 Å². The summed E-state index contributed by atoms with van der Waals surface area (Å²) in [7, 11) is -3.66. The normalized spacial score (nSPS) is 19.9. The van der Waals surface area contributed by atoms with E-state index in [0.717, 1.165) is 47.8 Å². The van der Waals surface area contributed by atoms with Crippen LogP contribution >= 0.6 is 11.3 Å². The SMILES string of the molecule is Cc1cc(-c2ncc(-c3ccc(NS(=O)(=O)CCO)cc3N3CCC4(CC3)CC4)s2)nc(N2CCC(F)(F)CC2)n1. The van der Waals surface area contributed by atoms with Crippen molar-refractivity contribution in [2.75, 3.05) is 53.1 Å². The number of hydrogen-bond donors (Lipinski definition) is 2. The second kappa shape index (κ2) is 10.7. The molecule has 0 radical (unpaired) electrons. The average Bonchev–Trinajstić information content (AvgIpc) is 3.48. The maximum absolute atomic E-state index is 13.7. The third-order valence-corrected chi connectivity index (χ3v) is 10.7. The summed E-state index contributed by atoms with van der Waals surface area (Å²) in [5.41, 5.74) is 4.22. The Labute approximate surface area is 242 Å². The van der Waals surface area contributed by atoms with Gasteiger partial charge in [-0.2, -0.15) is 0 Å². The molecule has 2 N–H and O–H groups in total. The number of nitrogens with zero attached hydrogens (tertiary/aromatic N) is 5. The van der Waals surface area contributed by atoms with Gasteiger partial charge in [-0.1, -0.05) is 0 Å². The molecule has 0 unspecified atom stereocenters. The van der Waals surface area contributed by atoms with Crippen molar-refractivity contribution in [1.82, 2.24) is 15.0 Å². The summed E-state index contributed by atoms with van der Waals surface area (Å²) in [5.74, 6) is -2.57. The van der Waals surface area contributed by atoms with E-state index in [0.29, 0.717) is 27.8 Å². The highest BCUT2D eigenvalue weighted by molar-refractivity contribution is 7.92. The zero-order valence-electron chi connectivity index (χ0n) is 22.9. The summed E-state index contributed by atoms with van der Waals surface area (Å²) >= 11 is 1.48. The van der Waals surface area contributed by atoms with E-state index in [1.807, 2.05) is 25.1 Å². The number of rotatable bonds is 8. The van der Waals surface area contributed by atoms with E-state index in [4.69, 9.17) is 10.1 Å². The summed E-state index contributed by atoms with van der Waals surface area (Å²) in [6, 6.07) is 7.37. The number of nitrogens with one attached hydrogen (secondary N) is 1. The van der Waals surface area contributed by atoms with Crippen molar-refractivity contribution in [3.8, 4) is 21.1 Å². The van der Waals surface area contributed by atoms with Gasteiger partial charge in [0.15, 0.2) is 0 Å². The zero-order chi connectivity index (χ0) is 28.8. The summed E-state index contributed by atoms with van der Waals surface area (Å²) in [6.07, 6.45) is 6.18. The maximum atomic E-state index is 13.7. The zero-order valence-corrected chi connectivity index (χ0v) is 24.6.